The second kappa shape index (κ2) is 8.25. The Hall–Kier alpha value is -3.62. The lowest BCUT2D eigenvalue weighted by Gasteiger charge is -2.36. The minimum absolute atomic E-state index is 0.0200. The topological polar surface area (TPSA) is 125 Å². The van der Waals surface area contributed by atoms with E-state index in [2.05, 4.69) is 0 Å². The van der Waals surface area contributed by atoms with E-state index in [1.807, 2.05) is 0 Å². The number of Topliss-reactive ketones (excluding diaryl/α,β-unsaturated/α-hetero) is 1. The largest absolute Gasteiger partial charge is 0.465 e. The molecule has 1 atom stereocenters. The maximum atomic E-state index is 14.0. The SMILES string of the molecule is CCOC(=O)CN1C(=O)[C@]2(C(C(C)=O)=C(C)OC(N)=C2C(=O)OCC)c2ccccc21. The van der Waals surface area contributed by atoms with E-state index in [-0.39, 0.29) is 36.0 Å². The molecular weight excluding hydrogens is 404 g/mol. The van der Waals surface area contributed by atoms with Gasteiger partial charge in [0, 0.05) is 11.3 Å². The molecule has 0 fully saturated rings. The molecule has 0 aliphatic carbocycles. The van der Waals surface area contributed by atoms with Gasteiger partial charge in [-0.3, -0.25) is 19.3 Å². The predicted octanol–water partition coefficient (Wildman–Crippen LogP) is 1.46. The number of amides is 1. The standard InChI is InChI=1S/C22H24N2O7/c1-5-29-16(26)11-24-15-10-8-7-9-14(15)22(21(24)28)17(12(3)25)13(4)31-19(23)18(22)20(27)30-6-2/h7-10H,5-6,11,23H2,1-4H3/t22-/m0/s1. The van der Waals surface area contributed by atoms with Crippen LogP contribution in [0.15, 0.2) is 47.1 Å². The van der Waals surface area contributed by atoms with E-state index in [1.165, 1.54) is 18.7 Å². The number of anilines is 1. The smallest absolute Gasteiger partial charge is 0.341 e. The summed E-state index contributed by atoms with van der Waals surface area (Å²) in [6.07, 6.45) is 0. The zero-order chi connectivity index (χ0) is 22.9. The molecule has 9 nitrogen and oxygen atoms in total. The second-order valence-corrected chi connectivity index (χ2v) is 7.01. The fourth-order valence-electron chi connectivity index (χ4n) is 4.24. The van der Waals surface area contributed by atoms with Crippen LogP contribution in [0.4, 0.5) is 5.69 Å². The maximum Gasteiger partial charge on any atom is 0.341 e. The summed E-state index contributed by atoms with van der Waals surface area (Å²) in [6.45, 7) is 5.80. The number of nitrogens with zero attached hydrogens (tertiary/aromatic N) is 1. The number of ether oxygens (including phenoxy) is 3. The third-order valence-corrected chi connectivity index (χ3v) is 5.20. The zero-order valence-corrected chi connectivity index (χ0v) is 17.8. The Bertz CT molecular complexity index is 1040. The van der Waals surface area contributed by atoms with E-state index in [0.29, 0.717) is 11.3 Å². The number of para-hydroxylation sites is 1. The zero-order valence-electron chi connectivity index (χ0n) is 17.8. The molecule has 9 heteroatoms. The van der Waals surface area contributed by atoms with Crippen LogP contribution >= 0.6 is 0 Å². The molecule has 164 valence electrons. The van der Waals surface area contributed by atoms with E-state index in [4.69, 9.17) is 19.9 Å². The van der Waals surface area contributed by atoms with Gasteiger partial charge in [0.05, 0.1) is 18.8 Å². The van der Waals surface area contributed by atoms with Crippen molar-refractivity contribution >= 4 is 29.3 Å². The summed E-state index contributed by atoms with van der Waals surface area (Å²) in [4.78, 5) is 53.2. The predicted molar refractivity (Wildman–Crippen MR) is 109 cm³/mol. The van der Waals surface area contributed by atoms with Gasteiger partial charge in [-0.05, 0) is 33.8 Å². The summed E-state index contributed by atoms with van der Waals surface area (Å²) in [6, 6.07) is 6.60. The van der Waals surface area contributed by atoms with Crippen LogP contribution < -0.4 is 10.6 Å². The summed E-state index contributed by atoms with van der Waals surface area (Å²) in [5, 5.41) is 0. The highest BCUT2D eigenvalue weighted by molar-refractivity contribution is 6.23. The van der Waals surface area contributed by atoms with Crippen molar-refractivity contribution < 1.29 is 33.4 Å². The first-order valence-electron chi connectivity index (χ1n) is 9.86. The third-order valence-electron chi connectivity index (χ3n) is 5.20. The third kappa shape index (κ3) is 3.26. The number of benzene rings is 1. The van der Waals surface area contributed by atoms with Crippen LogP contribution in [0.3, 0.4) is 0 Å². The molecule has 0 radical (unpaired) electrons. The van der Waals surface area contributed by atoms with Crippen molar-refractivity contribution in [3.63, 3.8) is 0 Å². The Kier molecular flexibility index (Phi) is 5.88. The van der Waals surface area contributed by atoms with Crippen LogP contribution in [0.25, 0.3) is 0 Å². The van der Waals surface area contributed by atoms with Crippen molar-refractivity contribution in [2.24, 2.45) is 5.73 Å². The molecule has 1 aromatic rings. The number of carbonyl (C=O) groups is 4. The van der Waals surface area contributed by atoms with Gasteiger partial charge in [0.2, 0.25) is 11.8 Å². The number of hydrogen-bond donors (Lipinski definition) is 1. The van der Waals surface area contributed by atoms with Gasteiger partial charge >= 0.3 is 11.9 Å². The number of fused-ring (bicyclic) bond motifs is 2. The van der Waals surface area contributed by atoms with Gasteiger partial charge in [-0.15, -0.1) is 0 Å². The molecule has 0 bridgehead atoms. The first kappa shape index (κ1) is 22.1. The van der Waals surface area contributed by atoms with Crippen LogP contribution in [0.2, 0.25) is 0 Å². The van der Waals surface area contributed by atoms with Crippen molar-refractivity contribution in [1.82, 2.24) is 0 Å². The highest BCUT2D eigenvalue weighted by Crippen LogP contribution is 2.54. The van der Waals surface area contributed by atoms with Crippen LogP contribution in [0.1, 0.15) is 33.3 Å². The highest BCUT2D eigenvalue weighted by atomic mass is 16.5. The van der Waals surface area contributed by atoms with Gasteiger partial charge in [-0.1, -0.05) is 18.2 Å². The normalized spacial score (nSPS) is 20.0. The average molecular weight is 428 g/mol. The molecule has 2 aliphatic rings. The van der Waals surface area contributed by atoms with E-state index in [9.17, 15) is 19.2 Å². The number of hydrogen-bond acceptors (Lipinski definition) is 8. The van der Waals surface area contributed by atoms with Gasteiger partial charge in [-0.25, -0.2) is 4.79 Å². The molecule has 2 heterocycles. The quantitative estimate of drug-likeness (QED) is 0.675. The second-order valence-electron chi connectivity index (χ2n) is 7.01. The molecule has 1 aromatic carbocycles. The minimum atomic E-state index is -1.90. The summed E-state index contributed by atoms with van der Waals surface area (Å²) in [5.74, 6) is -2.91. The molecule has 0 saturated heterocycles. The summed E-state index contributed by atoms with van der Waals surface area (Å²) in [7, 11) is 0. The highest BCUT2D eigenvalue weighted by Gasteiger charge is 2.63. The van der Waals surface area contributed by atoms with Gasteiger partial charge in [0.1, 0.15) is 23.3 Å². The van der Waals surface area contributed by atoms with Gasteiger partial charge < -0.3 is 19.9 Å². The lowest BCUT2D eigenvalue weighted by atomic mass is 9.66. The average Bonchev–Trinajstić information content (AvgIpc) is 2.91. The van der Waals surface area contributed by atoms with Crippen molar-refractivity contribution in [2.45, 2.75) is 33.1 Å². The Morgan fingerprint density at radius 3 is 2.35 bits per heavy atom. The van der Waals surface area contributed by atoms with Crippen LogP contribution in [0.5, 0.6) is 0 Å². The summed E-state index contributed by atoms with van der Waals surface area (Å²) >= 11 is 0. The van der Waals surface area contributed by atoms with Crippen molar-refractivity contribution in [1.29, 1.82) is 0 Å². The molecule has 3 rings (SSSR count). The molecule has 0 aromatic heterocycles. The molecule has 1 spiro atoms. The molecular formula is C22H24N2O7. The van der Waals surface area contributed by atoms with Gasteiger partial charge in [0.25, 0.3) is 0 Å². The van der Waals surface area contributed by atoms with E-state index in [0.717, 1.165) is 0 Å². The lowest BCUT2D eigenvalue weighted by molar-refractivity contribution is -0.142. The number of nitrogens with two attached hydrogens (primary N) is 1. The summed E-state index contributed by atoms with van der Waals surface area (Å²) < 4.78 is 15.7. The molecule has 0 saturated carbocycles. The summed E-state index contributed by atoms with van der Waals surface area (Å²) in [5.41, 5.74) is 4.57. The first-order chi connectivity index (χ1) is 14.7. The molecule has 2 N–H and O–H groups in total. The molecule has 31 heavy (non-hydrogen) atoms. The van der Waals surface area contributed by atoms with E-state index in [1.54, 1.807) is 38.1 Å². The Balaban J connectivity index is 2.35. The van der Waals surface area contributed by atoms with Crippen LogP contribution in [-0.2, 0) is 38.8 Å². The molecule has 1 amide bonds. The van der Waals surface area contributed by atoms with Gasteiger partial charge in [-0.2, -0.15) is 0 Å². The number of esters is 2. The van der Waals surface area contributed by atoms with Gasteiger partial charge in [0.15, 0.2) is 5.78 Å². The first-order valence-corrected chi connectivity index (χ1v) is 9.86. The fourth-order valence-corrected chi connectivity index (χ4v) is 4.24. The van der Waals surface area contributed by atoms with Crippen LogP contribution in [0, 0.1) is 0 Å². The Morgan fingerprint density at radius 1 is 1.10 bits per heavy atom. The number of carbonyl (C=O) groups excluding carboxylic acids is 4. The number of rotatable bonds is 6. The van der Waals surface area contributed by atoms with E-state index < -0.39 is 35.6 Å². The minimum Gasteiger partial charge on any atom is -0.465 e. The fraction of sp³-hybridized carbons (Fsp3) is 0.364. The van der Waals surface area contributed by atoms with Crippen molar-refractivity contribution in [3.05, 3.63) is 52.6 Å². The van der Waals surface area contributed by atoms with Crippen molar-refractivity contribution in [2.75, 3.05) is 24.7 Å². The number of allylic oxidation sites excluding steroid dienone is 1. The Morgan fingerprint density at radius 2 is 1.74 bits per heavy atom. The molecule has 0 unspecified atom stereocenters. The Labute approximate surface area is 179 Å². The van der Waals surface area contributed by atoms with E-state index >= 15 is 0 Å². The molecule has 2 aliphatic heterocycles. The maximum absolute atomic E-state index is 14.0. The lowest BCUT2D eigenvalue weighted by Crippen LogP contribution is -2.51. The monoisotopic (exact) mass is 428 g/mol. The van der Waals surface area contributed by atoms with Crippen molar-refractivity contribution in [3.8, 4) is 0 Å². The van der Waals surface area contributed by atoms with Crippen LogP contribution in [-0.4, -0.2) is 43.4 Å². The number of ketones is 1.